The molecule has 3 aromatic rings. The van der Waals surface area contributed by atoms with Crippen molar-refractivity contribution >= 4 is 16.6 Å². The Morgan fingerprint density at radius 2 is 1.86 bits per heavy atom. The quantitative estimate of drug-likeness (QED) is 0.497. The Bertz CT molecular complexity index is 879. The monoisotopic (exact) mass is 271 g/mol. The van der Waals surface area contributed by atoms with Gasteiger partial charge in [0.1, 0.15) is 0 Å². The molecule has 21 heavy (non-hydrogen) atoms. The number of hydrogen-bond acceptors (Lipinski definition) is 2. The van der Waals surface area contributed by atoms with E-state index in [0.717, 1.165) is 21.9 Å². The first kappa shape index (κ1) is 13.1. The predicted octanol–water partition coefficient (Wildman–Crippen LogP) is 3.84. The van der Waals surface area contributed by atoms with Crippen molar-refractivity contribution in [1.29, 1.82) is 0 Å². The summed E-state index contributed by atoms with van der Waals surface area (Å²) >= 11 is 0. The minimum atomic E-state index is 0.0467. The summed E-state index contributed by atoms with van der Waals surface area (Å²) in [5, 5.41) is 2.16. The molecule has 0 atom stereocenters. The number of fused-ring (bicyclic) bond motifs is 1. The maximum atomic E-state index is 11.4. The number of Topliss-reactive ketones (excluding diaryl/α,β-unsaturated/α-hetero) is 1. The number of ketones is 1. The number of hydrogen-bond donors (Lipinski definition) is 0. The molecular weight excluding hydrogens is 258 g/mol. The van der Waals surface area contributed by atoms with Gasteiger partial charge in [0, 0.05) is 34.3 Å². The van der Waals surface area contributed by atoms with Crippen molar-refractivity contribution < 1.29 is 4.79 Å². The van der Waals surface area contributed by atoms with Crippen molar-refractivity contribution in [2.75, 3.05) is 0 Å². The fraction of sp³-hybridized carbons (Fsp3) is 0.0526. The van der Waals surface area contributed by atoms with Crippen molar-refractivity contribution in [2.24, 2.45) is 0 Å². The zero-order valence-electron chi connectivity index (χ0n) is 11.6. The normalized spacial score (nSPS) is 9.95. The molecule has 2 aromatic carbocycles. The van der Waals surface area contributed by atoms with Gasteiger partial charge in [0.25, 0.3) is 0 Å². The van der Waals surface area contributed by atoms with Gasteiger partial charge in [-0.2, -0.15) is 0 Å². The van der Waals surface area contributed by atoms with Crippen LogP contribution in [0.2, 0.25) is 0 Å². The van der Waals surface area contributed by atoms with Crippen molar-refractivity contribution in [3.05, 3.63) is 77.6 Å². The van der Waals surface area contributed by atoms with Gasteiger partial charge in [0.2, 0.25) is 0 Å². The number of aromatic nitrogens is 1. The van der Waals surface area contributed by atoms with Crippen molar-refractivity contribution in [2.45, 2.75) is 6.92 Å². The molecule has 0 aliphatic rings. The zero-order valence-corrected chi connectivity index (χ0v) is 11.6. The highest BCUT2D eigenvalue weighted by Gasteiger charge is 1.99. The molecule has 1 aromatic heterocycles. The number of benzene rings is 2. The number of nitrogens with zero attached hydrogens (tertiary/aromatic N) is 1. The molecule has 1 heterocycles. The summed E-state index contributed by atoms with van der Waals surface area (Å²) in [6.07, 6.45) is 3.60. The first-order chi connectivity index (χ1) is 10.2. The fourth-order valence-electron chi connectivity index (χ4n) is 2.17. The molecule has 0 saturated carbocycles. The van der Waals surface area contributed by atoms with Crippen LogP contribution in [-0.2, 0) is 0 Å². The second-order valence-corrected chi connectivity index (χ2v) is 4.80. The molecule has 0 amide bonds. The van der Waals surface area contributed by atoms with E-state index in [1.165, 1.54) is 0 Å². The van der Waals surface area contributed by atoms with E-state index in [0.29, 0.717) is 5.56 Å². The lowest BCUT2D eigenvalue weighted by Gasteiger charge is -1.99. The smallest absolute Gasteiger partial charge is 0.159 e. The molecule has 0 unspecified atom stereocenters. The molecule has 0 fully saturated rings. The molecule has 2 nitrogen and oxygen atoms in total. The molecule has 0 aliphatic carbocycles. The number of carbonyl (C=O) groups is 1. The lowest BCUT2D eigenvalue weighted by molar-refractivity contribution is 0.101. The van der Waals surface area contributed by atoms with Gasteiger partial charge >= 0.3 is 0 Å². The van der Waals surface area contributed by atoms with Gasteiger partial charge in [-0.1, -0.05) is 48.2 Å². The van der Waals surface area contributed by atoms with Crippen molar-refractivity contribution in [1.82, 2.24) is 4.98 Å². The lowest BCUT2D eigenvalue weighted by Crippen LogP contribution is -1.91. The highest BCUT2D eigenvalue weighted by Crippen LogP contribution is 2.16. The van der Waals surface area contributed by atoms with Crippen LogP contribution in [0.15, 0.2) is 60.9 Å². The molecule has 2 heteroatoms. The van der Waals surface area contributed by atoms with Gasteiger partial charge < -0.3 is 0 Å². The number of carbonyl (C=O) groups excluding carboxylic acids is 1. The van der Waals surface area contributed by atoms with Gasteiger partial charge in [0.05, 0.1) is 5.56 Å². The molecule has 0 spiro atoms. The molecule has 3 rings (SSSR count). The first-order valence-corrected chi connectivity index (χ1v) is 6.70. The van der Waals surface area contributed by atoms with E-state index < -0.39 is 0 Å². The standard InChI is InChI=1S/C19H13NO/c1-14(21)16-7-4-5-15(11-16)9-10-18-13-20-12-17-6-2-3-8-19(17)18/h2-8,11-13H,1H3. The van der Waals surface area contributed by atoms with Gasteiger partial charge in [-0.15, -0.1) is 0 Å². The maximum absolute atomic E-state index is 11.4. The van der Waals surface area contributed by atoms with E-state index in [1.54, 1.807) is 19.2 Å². The molecule has 0 radical (unpaired) electrons. The summed E-state index contributed by atoms with van der Waals surface area (Å²) in [6.45, 7) is 1.56. The van der Waals surface area contributed by atoms with Crippen LogP contribution in [0.25, 0.3) is 10.8 Å². The average Bonchev–Trinajstić information content (AvgIpc) is 2.53. The molecule has 0 bridgehead atoms. The summed E-state index contributed by atoms with van der Waals surface area (Å²) in [5.74, 6) is 6.30. The van der Waals surface area contributed by atoms with Crippen LogP contribution >= 0.6 is 0 Å². The Morgan fingerprint density at radius 1 is 1.00 bits per heavy atom. The summed E-state index contributed by atoms with van der Waals surface area (Å²) in [7, 11) is 0. The van der Waals surface area contributed by atoms with E-state index in [9.17, 15) is 4.79 Å². The SMILES string of the molecule is CC(=O)c1cccc(C#Cc2cncc3ccccc23)c1. The summed E-state index contributed by atoms with van der Waals surface area (Å²) in [5.41, 5.74) is 2.40. The summed E-state index contributed by atoms with van der Waals surface area (Å²) < 4.78 is 0. The van der Waals surface area contributed by atoms with E-state index in [-0.39, 0.29) is 5.78 Å². The summed E-state index contributed by atoms with van der Waals surface area (Å²) in [4.78, 5) is 15.6. The highest BCUT2D eigenvalue weighted by molar-refractivity contribution is 5.94. The van der Waals surface area contributed by atoms with E-state index >= 15 is 0 Å². The van der Waals surface area contributed by atoms with Crippen LogP contribution in [0.3, 0.4) is 0 Å². The molecular formula is C19H13NO. The van der Waals surface area contributed by atoms with Crippen LogP contribution in [0, 0.1) is 11.8 Å². The Hall–Kier alpha value is -2.92. The lowest BCUT2D eigenvalue weighted by atomic mass is 10.1. The van der Waals surface area contributed by atoms with E-state index in [1.807, 2.05) is 48.7 Å². The van der Waals surface area contributed by atoms with Gasteiger partial charge in [0.15, 0.2) is 5.78 Å². The van der Waals surface area contributed by atoms with Crippen LogP contribution in [0.1, 0.15) is 28.4 Å². The molecule has 0 aliphatic heterocycles. The Morgan fingerprint density at radius 3 is 2.71 bits per heavy atom. The Labute approximate surface area is 123 Å². The summed E-state index contributed by atoms with van der Waals surface area (Å²) in [6, 6.07) is 15.4. The molecule has 0 saturated heterocycles. The van der Waals surface area contributed by atoms with Crippen LogP contribution < -0.4 is 0 Å². The van der Waals surface area contributed by atoms with Crippen molar-refractivity contribution in [3.8, 4) is 11.8 Å². The fourth-order valence-corrected chi connectivity index (χ4v) is 2.17. The second kappa shape index (κ2) is 5.60. The molecule has 100 valence electrons. The van der Waals surface area contributed by atoms with Crippen LogP contribution in [-0.4, -0.2) is 10.8 Å². The molecule has 0 N–H and O–H groups in total. The second-order valence-electron chi connectivity index (χ2n) is 4.80. The third kappa shape index (κ3) is 2.82. The van der Waals surface area contributed by atoms with Crippen molar-refractivity contribution in [3.63, 3.8) is 0 Å². The first-order valence-electron chi connectivity index (χ1n) is 6.70. The van der Waals surface area contributed by atoms with E-state index in [2.05, 4.69) is 16.8 Å². The third-order valence-electron chi connectivity index (χ3n) is 3.28. The van der Waals surface area contributed by atoms with Gasteiger partial charge in [-0.05, 0) is 19.1 Å². The minimum absolute atomic E-state index is 0.0467. The Balaban J connectivity index is 2.04. The van der Waals surface area contributed by atoms with Crippen LogP contribution in [0.5, 0.6) is 0 Å². The zero-order chi connectivity index (χ0) is 14.7. The minimum Gasteiger partial charge on any atom is -0.295 e. The predicted molar refractivity (Wildman–Crippen MR) is 84.2 cm³/mol. The third-order valence-corrected chi connectivity index (χ3v) is 3.28. The largest absolute Gasteiger partial charge is 0.295 e. The number of pyridine rings is 1. The Kier molecular flexibility index (Phi) is 3.49. The average molecular weight is 271 g/mol. The topological polar surface area (TPSA) is 30.0 Å². The van der Waals surface area contributed by atoms with Crippen LogP contribution in [0.4, 0.5) is 0 Å². The van der Waals surface area contributed by atoms with Gasteiger partial charge in [-0.25, -0.2) is 0 Å². The van der Waals surface area contributed by atoms with E-state index in [4.69, 9.17) is 0 Å². The number of rotatable bonds is 1. The van der Waals surface area contributed by atoms with Gasteiger partial charge in [-0.3, -0.25) is 9.78 Å². The highest BCUT2D eigenvalue weighted by atomic mass is 16.1. The maximum Gasteiger partial charge on any atom is 0.159 e.